The van der Waals surface area contributed by atoms with Crippen LogP contribution in [0.5, 0.6) is 5.75 Å². The van der Waals surface area contributed by atoms with Crippen LogP contribution in [0, 0.1) is 51.2 Å². The van der Waals surface area contributed by atoms with Crippen molar-refractivity contribution in [1.82, 2.24) is 34.4 Å². The molecule has 11 rings (SSSR count). The van der Waals surface area contributed by atoms with Crippen LogP contribution in [0.2, 0.25) is 0 Å². The molecule has 1 unspecified atom stereocenters. The maximum atomic E-state index is 14.9. The number of amides is 2. The van der Waals surface area contributed by atoms with Crippen molar-refractivity contribution in [3.05, 3.63) is 160 Å². The van der Waals surface area contributed by atoms with E-state index >= 15 is 0 Å². The number of likely N-dealkylation sites (tertiary alicyclic amines) is 1. The summed E-state index contributed by atoms with van der Waals surface area (Å²) < 4.78 is 96.9. The molecule has 5 heterocycles. The topological polar surface area (TPSA) is 234 Å². The van der Waals surface area contributed by atoms with Gasteiger partial charge in [0.1, 0.15) is 25.0 Å². The molecule has 2 N–H and O–H groups in total. The molecule has 87 heavy (non-hydrogen) atoms. The lowest BCUT2D eigenvalue weighted by Crippen LogP contribution is -2.29. The Morgan fingerprint density at radius 1 is 0.655 bits per heavy atom. The normalized spacial score (nSPS) is 14.7. The Balaban J connectivity index is 0.927. The minimum absolute atomic E-state index is 0.0489. The summed E-state index contributed by atoms with van der Waals surface area (Å²) in [7, 11) is 1.73. The van der Waals surface area contributed by atoms with Gasteiger partial charge in [0.2, 0.25) is 0 Å². The number of rotatable bonds is 18. The third-order valence-corrected chi connectivity index (χ3v) is 15.8. The van der Waals surface area contributed by atoms with Crippen LogP contribution in [0.25, 0.3) is 45.0 Å². The van der Waals surface area contributed by atoms with Crippen LogP contribution in [0.3, 0.4) is 0 Å². The molecule has 2 amide bonds. The predicted octanol–water partition coefficient (Wildman–Crippen LogP) is 11.6. The number of nitrogens with zero attached hydrogens (tertiary/aromatic N) is 13. The Labute approximate surface area is 494 Å². The second-order valence-electron chi connectivity index (χ2n) is 21.4. The minimum atomic E-state index is -4.83. The van der Waals surface area contributed by atoms with Gasteiger partial charge in [-0.2, -0.15) is 47.4 Å². The number of aromatic nitrogens is 6. The van der Waals surface area contributed by atoms with Crippen LogP contribution < -0.4 is 25.2 Å². The molecule has 18 nitrogen and oxygen atoms in total. The van der Waals surface area contributed by atoms with Crippen molar-refractivity contribution in [2.45, 2.75) is 64.2 Å². The maximum absolute atomic E-state index is 14.9. The molecule has 6 aromatic carbocycles. The first-order chi connectivity index (χ1) is 41.8. The van der Waals surface area contributed by atoms with E-state index in [1.54, 1.807) is 95.9 Å². The quantitative estimate of drug-likeness (QED) is 0.0601. The Kier molecular flexibility index (Phi) is 15.9. The molecule has 0 spiro atoms. The molecule has 0 saturated carbocycles. The van der Waals surface area contributed by atoms with E-state index in [0.717, 1.165) is 38.1 Å². The molecule has 0 radical (unpaired) electrons. The standard InChI is InChI=1S/C63H51F6N15O3/c1-37(77-44-22-41(51-19-38(29-71)9-11-48(51)58-78-75-35-80(58)2)24-46(26-44)83-33-54-50(60(83)85)7-5-8-56(54)62(64,65)66)42(31-73)32-82-36-76-79-59(82)49-12-10-39(30-72)20-52(49)40-21-43(74-14-6-13-70)25-45(23-40)84-34-55-53(61(84)86)27-47(28-57(55)63(67,68)69)87-18-17-81-15-3-4-16-81/h5,7-12,19-28,35-37,42,74,77H,3-4,6,14-18,32-34H2,1-2H3/t37-,42?/m1/s1. The van der Waals surface area contributed by atoms with Crippen LogP contribution >= 0.6 is 0 Å². The zero-order chi connectivity index (χ0) is 61.3. The van der Waals surface area contributed by atoms with E-state index in [-0.39, 0.29) is 82.4 Å². The monoisotopic (exact) mass is 1180 g/mol. The maximum Gasteiger partial charge on any atom is 0.416 e. The van der Waals surface area contributed by atoms with Gasteiger partial charge in [-0.05, 0) is 163 Å². The third kappa shape index (κ3) is 11.8. The van der Waals surface area contributed by atoms with Crippen molar-refractivity contribution in [1.29, 1.82) is 21.0 Å². The highest BCUT2D eigenvalue weighted by atomic mass is 19.4. The minimum Gasteiger partial charge on any atom is -0.492 e. The van der Waals surface area contributed by atoms with Gasteiger partial charge in [-0.1, -0.05) is 6.07 Å². The molecule has 2 aromatic heterocycles. The van der Waals surface area contributed by atoms with Gasteiger partial charge in [0.15, 0.2) is 11.6 Å². The van der Waals surface area contributed by atoms with Gasteiger partial charge in [0.05, 0.1) is 72.0 Å². The van der Waals surface area contributed by atoms with Crippen molar-refractivity contribution < 1.29 is 40.7 Å². The van der Waals surface area contributed by atoms with Crippen LogP contribution in [0.1, 0.15) is 80.3 Å². The lowest BCUT2D eigenvalue weighted by Gasteiger charge is -2.24. The van der Waals surface area contributed by atoms with Crippen molar-refractivity contribution in [3.63, 3.8) is 0 Å². The second-order valence-corrected chi connectivity index (χ2v) is 21.4. The molecule has 1 fully saturated rings. The fourth-order valence-corrected chi connectivity index (χ4v) is 11.4. The lowest BCUT2D eigenvalue weighted by atomic mass is 9.95. The fraction of sp³-hybridized carbons (Fsp3) is 0.270. The zero-order valence-corrected chi connectivity index (χ0v) is 46.7. The lowest BCUT2D eigenvalue weighted by molar-refractivity contribution is -0.139. The van der Waals surface area contributed by atoms with Gasteiger partial charge in [-0.15, -0.1) is 20.4 Å². The van der Waals surface area contributed by atoms with Crippen LogP contribution in [0.4, 0.5) is 49.1 Å². The summed E-state index contributed by atoms with van der Waals surface area (Å²) in [6, 6.07) is 33.4. The number of benzene rings is 6. The first kappa shape index (κ1) is 58.2. The van der Waals surface area contributed by atoms with Gasteiger partial charge in [0.25, 0.3) is 11.8 Å². The van der Waals surface area contributed by atoms with Gasteiger partial charge in [0, 0.05) is 77.7 Å². The number of hydrogen-bond donors (Lipinski definition) is 2. The molecule has 438 valence electrons. The average Bonchev–Trinajstić information content (AvgIpc) is 2.06. The van der Waals surface area contributed by atoms with E-state index in [9.17, 15) is 57.0 Å². The van der Waals surface area contributed by atoms with E-state index in [1.165, 1.54) is 40.7 Å². The highest BCUT2D eigenvalue weighted by molar-refractivity contribution is 6.12. The Morgan fingerprint density at radius 3 is 1.86 bits per heavy atom. The van der Waals surface area contributed by atoms with Crippen molar-refractivity contribution in [2.24, 2.45) is 13.0 Å². The summed E-state index contributed by atoms with van der Waals surface area (Å²) >= 11 is 0. The van der Waals surface area contributed by atoms with E-state index < -0.39 is 60.3 Å². The Bertz CT molecular complexity index is 4200. The molecule has 0 aliphatic carbocycles. The fourth-order valence-electron chi connectivity index (χ4n) is 11.4. The van der Waals surface area contributed by atoms with Gasteiger partial charge < -0.3 is 34.3 Å². The number of alkyl halides is 6. The molecule has 1 saturated heterocycles. The molecule has 8 aromatic rings. The number of ether oxygens (including phenoxy) is 1. The van der Waals surface area contributed by atoms with Crippen LogP contribution in [0.15, 0.2) is 116 Å². The Hall–Kier alpha value is -10.6. The third-order valence-electron chi connectivity index (χ3n) is 15.8. The van der Waals surface area contributed by atoms with Crippen molar-refractivity contribution >= 4 is 34.6 Å². The highest BCUT2D eigenvalue weighted by Crippen LogP contribution is 2.45. The number of halogens is 6. The summed E-state index contributed by atoms with van der Waals surface area (Å²) in [4.78, 5) is 33.2. The van der Waals surface area contributed by atoms with Crippen LogP contribution in [-0.4, -0.2) is 85.1 Å². The summed E-state index contributed by atoms with van der Waals surface area (Å²) in [5.41, 5.74) is 1.75. The molecule has 3 aliphatic heterocycles. The smallest absolute Gasteiger partial charge is 0.416 e. The molecular formula is C63H51F6N15O3. The first-order valence-electron chi connectivity index (χ1n) is 27.6. The SMILES string of the molecule is C[C@@H](Nc1cc(-c2cc(C#N)ccc2-c2nncn2C)cc(N2Cc3c(cccc3C(F)(F)F)C2=O)c1)C(C#N)Cn1cnnc1-c1ccc(C#N)cc1-c1cc(NCCC#N)cc(N2Cc3c(cc(OCCN4CCCC4)cc3C(F)(F)F)C2=O)c1. The summed E-state index contributed by atoms with van der Waals surface area (Å²) in [5.74, 6) is -1.67. The molecule has 0 bridgehead atoms. The largest absolute Gasteiger partial charge is 0.492 e. The zero-order valence-electron chi connectivity index (χ0n) is 46.7. The molecule has 24 heteroatoms. The number of anilines is 4. The molecule has 2 atom stereocenters. The average molecular weight is 1180 g/mol. The van der Waals surface area contributed by atoms with Crippen molar-refractivity contribution in [2.75, 3.05) is 53.2 Å². The number of aryl methyl sites for hydroxylation is 1. The van der Waals surface area contributed by atoms with E-state index in [1.807, 2.05) is 0 Å². The van der Waals surface area contributed by atoms with Gasteiger partial charge in [-0.3, -0.25) is 14.5 Å². The van der Waals surface area contributed by atoms with E-state index in [4.69, 9.17) is 4.74 Å². The van der Waals surface area contributed by atoms with Gasteiger partial charge >= 0.3 is 12.4 Å². The van der Waals surface area contributed by atoms with Crippen molar-refractivity contribution in [3.8, 4) is 75.1 Å². The number of nitriles is 4. The van der Waals surface area contributed by atoms with E-state index in [2.05, 4.69) is 60.2 Å². The molecule has 3 aliphatic rings. The number of carbonyl (C=O) groups is 2. The second kappa shape index (κ2) is 23.8. The van der Waals surface area contributed by atoms with Gasteiger partial charge in [-0.25, -0.2) is 0 Å². The van der Waals surface area contributed by atoms with Crippen LogP contribution in [-0.2, 0) is 39.0 Å². The summed E-state index contributed by atoms with van der Waals surface area (Å²) in [6.45, 7) is 3.41. The van der Waals surface area contributed by atoms with E-state index in [0.29, 0.717) is 57.1 Å². The predicted molar refractivity (Wildman–Crippen MR) is 308 cm³/mol. The number of hydrogen-bond acceptors (Lipinski definition) is 14. The molecular weight excluding hydrogens is 1130 g/mol. The number of carbonyl (C=O) groups excluding carboxylic acids is 2. The Morgan fingerprint density at radius 2 is 1.25 bits per heavy atom. The number of nitrogens with one attached hydrogen (secondary N) is 2. The highest BCUT2D eigenvalue weighted by Gasteiger charge is 2.42. The summed E-state index contributed by atoms with van der Waals surface area (Å²) in [6.07, 6.45) is -4.52. The summed E-state index contributed by atoms with van der Waals surface area (Å²) in [5, 5.41) is 64.3. The first-order valence-corrected chi connectivity index (χ1v) is 27.6. The number of fused-ring (bicyclic) bond motifs is 2.